The lowest BCUT2D eigenvalue weighted by Crippen LogP contribution is -2.42. The highest BCUT2D eigenvalue weighted by molar-refractivity contribution is 5.82. The van der Waals surface area contributed by atoms with Gasteiger partial charge in [0, 0.05) is 63.8 Å². The molecular formula is C23H27N9O. The number of nitrogens with zero attached hydrogens (tertiary/aromatic N) is 7. The zero-order chi connectivity index (χ0) is 23.7. The largest absolute Gasteiger partial charge is 0.398 e. The summed E-state index contributed by atoms with van der Waals surface area (Å²) in [6.45, 7) is 1.44. The lowest BCUT2D eigenvalue weighted by atomic mass is 10.0. The van der Waals surface area contributed by atoms with Crippen LogP contribution in [-0.2, 0) is 7.05 Å². The van der Waals surface area contributed by atoms with E-state index in [0.717, 1.165) is 25.9 Å². The van der Waals surface area contributed by atoms with Crippen LogP contribution >= 0.6 is 0 Å². The van der Waals surface area contributed by atoms with Gasteiger partial charge in [0.15, 0.2) is 0 Å². The SMILES string of the molecule is CN(C)c1ncc(-c2c(-c3ccc(C#N)c(N)c3)nc(N3CCC(N)CC3)n(C)c2=O)cn1. The molecule has 0 saturated carbocycles. The number of aromatic nitrogens is 4. The Bertz CT molecular complexity index is 1270. The molecule has 0 aliphatic carbocycles. The van der Waals surface area contributed by atoms with Crippen LogP contribution in [0, 0.1) is 11.3 Å². The van der Waals surface area contributed by atoms with Crippen LogP contribution in [0.15, 0.2) is 35.4 Å². The van der Waals surface area contributed by atoms with Crippen molar-refractivity contribution in [2.75, 3.05) is 42.7 Å². The van der Waals surface area contributed by atoms with Crippen LogP contribution in [0.5, 0.6) is 0 Å². The smallest absolute Gasteiger partial charge is 0.263 e. The molecule has 2 aromatic heterocycles. The van der Waals surface area contributed by atoms with Gasteiger partial charge in [0.05, 0.1) is 22.5 Å². The Hall–Kier alpha value is -3.97. The van der Waals surface area contributed by atoms with E-state index >= 15 is 0 Å². The normalized spacial score (nSPS) is 14.2. The van der Waals surface area contributed by atoms with Crippen molar-refractivity contribution in [3.63, 3.8) is 0 Å². The van der Waals surface area contributed by atoms with E-state index in [1.54, 1.807) is 47.1 Å². The third kappa shape index (κ3) is 4.23. The standard InChI is InChI=1S/C23H27N9O/c1-30(2)22-27-12-16(13-28-22)19-20(14-4-5-15(11-24)18(26)10-14)29-23(31(3)21(19)33)32-8-6-17(25)7-9-32/h4-5,10,12-13,17H,6-9,25-26H2,1-3H3. The number of rotatable bonds is 4. The fraction of sp³-hybridized carbons (Fsp3) is 0.348. The summed E-state index contributed by atoms with van der Waals surface area (Å²) >= 11 is 0. The van der Waals surface area contributed by atoms with E-state index < -0.39 is 0 Å². The fourth-order valence-electron chi connectivity index (χ4n) is 3.94. The van der Waals surface area contributed by atoms with Crippen molar-refractivity contribution in [1.29, 1.82) is 5.26 Å². The molecule has 0 radical (unpaired) electrons. The molecule has 0 amide bonds. The van der Waals surface area contributed by atoms with Crippen molar-refractivity contribution in [2.45, 2.75) is 18.9 Å². The van der Waals surface area contributed by atoms with Crippen molar-refractivity contribution in [3.8, 4) is 28.5 Å². The molecular weight excluding hydrogens is 418 g/mol. The van der Waals surface area contributed by atoms with Gasteiger partial charge in [0.25, 0.3) is 5.56 Å². The maximum Gasteiger partial charge on any atom is 0.263 e. The van der Waals surface area contributed by atoms with E-state index in [2.05, 4.69) is 20.9 Å². The van der Waals surface area contributed by atoms with E-state index in [1.165, 1.54) is 0 Å². The number of hydrogen-bond acceptors (Lipinski definition) is 9. The van der Waals surface area contributed by atoms with Crippen LogP contribution in [0.3, 0.4) is 0 Å². The molecule has 0 unspecified atom stereocenters. The Morgan fingerprint density at radius 2 is 1.82 bits per heavy atom. The molecule has 0 atom stereocenters. The first-order valence-electron chi connectivity index (χ1n) is 10.7. The number of nitriles is 1. The van der Waals surface area contributed by atoms with Gasteiger partial charge in [0.2, 0.25) is 11.9 Å². The van der Waals surface area contributed by atoms with Gasteiger partial charge in [-0.05, 0) is 25.0 Å². The van der Waals surface area contributed by atoms with Crippen molar-refractivity contribution >= 4 is 17.6 Å². The predicted molar refractivity (Wildman–Crippen MR) is 129 cm³/mol. The summed E-state index contributed by atoms with van der Waals surface area (Å²) in [6.07, 6.45) is 4.90. The third-order valence-electron chi connectivity index (χ3n) is 5.86. The summed E-state index contributed by atoms with van der Waals surface area (Å²) in [7, 11) is 5.41. The van der Waals surface area contributed by atoms with Gasteiger partial charge in [-0.15, -0.1) is 0 Å². The van der Waals surface area contributed by atoms with Crippen molar-refractivity contribution in [1.82, 2.24) is 19.5 Å². The summed E-state index contributed by atoms with van der Waals surface area (Å²) in [5.74, 6) is 1.10. The molecule has 4 rings (SSSR count). The summed E-state index contributed by atoms with van der Waals surface area (Å²) < 4.78 is 1.56. The second-order valence-corrected chi connectivity index (χ2v) is 8.40. The first kappa shape index (κ1) is 22.2. The van der Waals surface area contributed by atoms with E-state index in [-0.39, 0.29) is 11.6 Å². The second-order valence-electron chi connectivity index (χ2n) is 8.40. The fourth-order valence-corrected chi connectivity index (χ4v) is 3.94. The van der Waals surface area contributed by atoms with Gasteiger partial charge in [-0.2, -0.15) is 5.26 Å². The van der Waals surface area contributed by atoms with E-state index in [9.17, 15) is 10.1 Å². The first-order valence-corrected chi connectivity index (χ1v) is 10.7. The molecule has 10 nitrogen and oxygen atoms in total. The molecule has 1 aliphatic rings. The number of nitrogens with two attached hydrogens (primary N) is 2. The molecule has 170 valence electrons. The highest BCUT2D eigenvalue weighted by atomic mass is 16.1. The average molecular weight is 446 g/mol. The molecule has 3 aromatic rings. The van der Waals surface area contributed by atoms with Crippen LogP contribution in [0.4, 0.5) is 17.6 Å². The molecule has 0 bridgehead atoms. The number of nitrogen functional groups attached to an aromatic ring is 1. The van der Waals surface area contributed by atoms with E-state index in [4.69, 9.17) is 16.5 Å². The van der Waals surface area contributed by atoms with Crippen LogP contribution < -0.4 is 26.8 Å². The van der Waals surface area contributed by atoms with Gasteiger partial charge < -0.3 is 21.3 Å². The van der Waals surface area contributed by atoms with Crippen LogP contribution in [0.1, 0.15) is 18.4 Å². The molecule has 1 fully saturated rings. The zero-order valence-corrected chi connectivity index (χ0v) is 19.0. The minimum atomic E-state index is -0.214. The van der Waals surface area contributed by atoms with Crippen LogP contribution in [0.25, 0.3) is 22.4 Å². The number of benzene rings is 1. The van der Waals surface area contributed by atoms with E-state index in [1.807, 2.05) is 14.1 Å². The van der Waals surface area contributed by atoms with Crippen LogP contribution in [-0.4, -0.2) is 52.7 Å². The summed E-state index contributed by atoms with van der Waals surface area (Å²) in [5.41, 5.74) is 14.7. The topological polar surface area (TPSA) is 143 Å². The maximum absolute atomic E-state index is 13.6. The Morgan fingerprint density at radius 1 is 1.15 bits per heavy atom. The molecule has 0 spiro atoms. The van der Waals surface area contributed by atoms with Crippen molar-refractivity contribution in [3.05, 3.63) is 46.5 Å². The Kier molecular flexibility index (Phi) is 5.98. The molecule has 10 heteroatoms. The van der Waals surface area contributed by atoms with Gasteiger partial charge in [-0.25, -0.2) is 15.0 Å². The molecule has 3 heterocycles. The van der Waals surface area contributed by atoms with Crippen molar-refractivity contribution in [2.24, 2.45) is 12.8 Å². The highest BCUT2D eigenvalue weighted by Gasteiger charge is 2.24. The molecule has 1 saturated heterocycles. The van der Waals surface area contributed by atoms with Gasteiger partial charge in [-0.1, -0.05) is 6.07 Å². The number of piperidine rings is 1. The zero-order valence-electron chi connectivity index (χ0n) is 19.0. The van der Waals surface area contributed by atoms with Gasteiger partial charge >= 0.3 is 0 Å². The summed E-state index contributed by atoms with van der Waals surface area (Å²) in [4.78, 5) is 31.2. The van der Waals surface area contributed by atoms with Gasteiger partial charge in [0.1, 0.15) is 6.07 Å². The van der Waals surface area contributed by atoms with Crippen LogP contribution in [0.2, 0.25) is 0 Å². The lowest BCUT2D eigenvalue weighted by molar-refractivity contribution is 0.490. The first-order chi connectivity index (χ1) is 15.8. The Morgan fingerprint density at radius 3 is 2.39 bits per heavy atom. The molecule has 1 aromatic carbocycles. The molecule has 1 aliphatic heterocycles. The highest BCUT2D eigenvalue weighted by Crippen LogP contribution is 2.32. The lowest BCUT2D eigenvalue weighted by Gasteiger charge is -2.32. The average Bonchev–Trinajstić information content (AvgIpc) is 2.81. The Balaban J connectivity index is 1.93. The van der Waals surface area contributed by atoms with Crippen molar-refractivity contribution < 1.29 is 0 Å². The maximum atomic E-state index is 13.6. The third-order valence-corrected chi connectivity index (χ3v) is 5.86. The monoisotopic (exact) mass is 445 g/mol. The number of anilines is 3. The Labute approximate surface area is 192 Å². The quantitative estimate of drug-likeness (QED) is 0.569. The summed E-state index contributed by atoms with van der Waals surface area (Å²) in [5, 5.41) is 9.26. The summed E-state index contributed by atoms with van der Waals surface area (Å²) in [6, 6.07) is 7.29. The minimum Gasteiger partial charge on any atom is -0.398 e. The minimum absolute atomic E-state index is 0.155. The second kappa shape index (κ2) is 8.88. The predicted octanol–water partition coefficient (Wildman–Crippen LogP) is 1.35. The molecule has 33 heavy (non-hydrogen) atoms. The number of hydrogen-bond donors (Lipinski definition) is 2. The van der Waals surface area contributed by atoms with Gasteiger partial charge in [-0.3, -0.25) is 9.36 Å². The molecule has 4 N–H and O–H groups in total. The van der Waals surface area contributed by atoms with E-state index in [0.29, 0.717) is 45.5 Å².